The van der Waals surface area contributed by atoms with Crippen molar-refractivity contribution < 1.29 is 13.9 Å². The van der Waals surface area contributed by atoms with Crippen LogP contribution in [0.3, 0.4) is 0 Å². The Hall–Kier alpha value is -1.74. The van der Waals surface area contributed by atoms with E-state index in [1.807, 2.05) is 38.2 Å². The average molecular weight is 487 g/mol. The summed E-state index contributed by atoms with van der Waals surface area (Å²) >= 11 is 0. The minimum absolute atomic E-state index is 0. The normalized spacial score (nSPS) is 11.0. The van der Waals surface area contributed by atoms with Gasteiger partial charge >= 0.3 is 0 Å². The second kappa shape index (κ2) is 13.4. The van der Waals surface area contributed by atoms with Gasteiger partial charge in [-0.3, -0.25) is 4.99 Å². The molecule has 0 fully saturated rings. The van der Waals surface area contributed by atoms with Crippen molar-refractivity contribution in [2.45, 2.75) is 26.5 Å². The number of aliphatic imine (C=N–C) groups is 1. The van der Waals surface area contributed by atoms with Crippen LogP contribution in [0.2, 0.25) is 0 Å². The molecule has 0 aliphatic heterocycles. The average Bonchev–Trinajstić information content (AvgIpc) is 3.16. The predicted molar refractivity (Wildman–Crippen MR) is 119 cm³/mol. The molecule has 2 rings (SSSR count). The highest BCUT2D eigenvalue weighted by Gasteiger charge is 2.06. The van der Waals surface area contributed by atoms with E-state index in [9.17, 15) is 0 Å². The Morgan fingerprint density at radius 3 is 2.63 bits per heavy atom. The second-order valence-corrected chi connectivity index (χ2v) is 5.89. The zero-order chi connectivity index (χ0) is 18.6. The lowest BCUT2D eigenvalue weighted by molar-refractivity contribution is 0.104. The van der Waals surface area contributed by atoms with Gasteiger partial charge in [0.15, 0.2) is 5.96 Å². The van der Waals surface area contributed by atoms with E-state index in [4.69, 9.17) is 13.9 Å². The van der Waals surface area contributed by atoms with E-state index in [0.29, 0.717) is 19.8 Å². The summed E-state index contributed by atoms with van der Waals surface area (Å²) in [6, 6.07) is 11.9. The SMILES string of the molecule is CCOc1ccc(CN(C)C(=NC)NCCCOCc2ccco2)cc1.I. The van der Waals surface area contributed by atoms with Crippen LogP contribution in [0.15, 0.2) is 52.1 Å². The lowest BCUT2D eigenvalue weighted by atomic mass is 10.2. The number of rotatable bonds is 10. The highest BCUT2D eigenvalue weighted by Crippen LogP contribution is 2.13. The third-order valence-corrected chi connectivity index (χ3v) is 3.80. The van der Waals surface area contributed by atoms with Crippen LogP contribution >= 0.6 is 24.0 Å². The molecule has 0 unspecified atom stereocenters. The van der Waals surface area contributed by atoms with Gasteiger partial charge in [-0.05, 0) is 43.2 Å². The van der Waals surface area contributed by atoms with Gasteiger partial charge in [0.05, 0.1) is 12.9 Å². The highest BCUT2D eigenvalue weighted by atomic mass is 127. The molecular weight excluding hydrogens is 457 g/mol. The van der Waals surface area contributed by atoms with E-state index in [1.165, 1.54) is 5.56 Å². The van der Waals surface area contributed by atoms with Crippen molar-refractivity contribution in [3.63, 3.8) is 0 Å². The molecule has 0 spiro atoms. The van der Waals surface area contributed by atoms with Crippen LogP contribution in [0, 0.1) is 0 Å². The number of furan rings is 1. The zero-order valence-corrected chi connectivity index (χ0v) is 18.6. The van der Waals surface area contributed by atoms with Crippen LogP contribution in [0.25, 0.3) is 0 Å². The summed E-state index contributed by atoms with van der Waals surface area (Å²) in [6.07, 6.45) is 2.56. The van der Waals surface area contributed by atoms with Gasteiger partial charge in [0.2, 0.25) is 0 Å². The summed E-state index contributed by atoms with van der Waals surface area (Å²) in [4.78, 5) is 6.44. The summed E-state index contributed by atoms with van der Waals surface area (Å²) in [7, 11) is 3.82. The molecule has 2 aromatic rings. The molecule has 150 valence electrons. The van der Waals surface area contributed by atoms with Crippen molar-refractivity contribution in [3.8, 4) is 5.75 Å². The van der Waals surface area contributed by atoms with Crippen molar-refractivity contribution in [1.82, 2.24) is 10.2 Å². The molecule has 1 heterocycles. The maximum absolute atomic E-state index is 5.58. The van der Waals surface area contributed by atoms with Crippen LogP contribution in [-0.2, 0) is 17.9 Å². The first kappa shape index (κ1) is 23.3. The molecular formula is C20H30IN3O3. The first-order valence-electron chi connectivity index (χ1n) is 8.96. The van der Waals surface area contributed by atoms with E-state index in [2.05, 4.69) is 27.3 Å². The van der Waals surface area contributed by atoms with Crippen LogP contribution in [0.5, 0.6) is 5.75 Å². The molecule has 0 aliphatic rings. The third kappa shape index (κ3) is 8.66. The van der Waals surface area contributed by atoms with Crippen LogP contribution in [0.4, 0.5) is 0 Å². The maximum atomic E-state index is 5.58. The minimum Gasteiger partial charge on any atom is -0.494 e. The molecule has 0 saturated heterocycles. The van der Waals surface area contributed by atoms with Crippen molar-refractivity contribution in [1.29, 1.82) is 0 Å². The van der Waals surface area contributed by atoms with Crippen molar-refractivity contribution in [2.24, 2.45) is 4.99 Å². The lowest BCUT2D eigenvalue weighted by Gasteiger charge is -2.22. The fraction of sp³-hybridized carbons (Fsp3) is 0.450. The lowest BCUT2D eigenvalue weighted by Crippen LogP contribution is -2.39. The Morgan fingerprint density at radius 1 is 1.22 bits per heavy atom. The van der Waals surface area contributed by atoms with Gasteiger partial charge in [0, 0.05) is 33.8 Å². The Balaban J connectivity index is 0.00000364. The fourth-order valence-corrected chi connectivity index (χ4v) is 2.53. The number of halogens is 1. The molecule has 7 heteroatoms. The summed E-state index contributed by atoms with van der Waals surface area (Å²) in [6.45, 7) is 5.44. The van der Waals surface area contributed by atoms with Gasteiger partial charge in [-0.15, -0.1) is 24.0 Å². The maximum Gasteiger partial charge on any atom is 0.193 e. The largest absolute Gasteiger partial charge is 0.494 e. The molecule has 0 atom stereocenters. The number of hydrogen-bond donors (Lipinski definition) is 1. The zero-order valence-electron chi connectivity index (χ0n) is 16.3. The summed E-state index contributed by atoms with van der Waals surface area (Å²) in [5, 5.41) is 3.36. The Morgan fingerprint density at radius 2 is 2.00 bits per heavy atom. The number of ether oxygens (including phenoxy) is 2. The summed E-state index contributed by atoms with van der Waals surface area (Å²) < 4.78 is 16.3. The molecule has 0 aliphatic carbocycles. The number of hydrogen-bond acceptors (Lipinski definition) is 4. The van der Waals surface area contributed by atoms with E-state index in [1.54, 1.807) is 13.3 Å². The molecule has 0 amide bonds. The highest BCUT2D eigenvalue weighted by molar-refractivity contribution is 14.0. The summed E-state index contributed by atoms with van der Waals surface area (Å²) in [5.41, 5.74) is 1.21. The molecule has 1 aromatic heterocycles. The van der Waals surface area contributed by atoms with E-state index < -0.39 is 0 Å². The van der Waals surface area contributed by atoms with Gasteiger partial charge in [-0.1, -0.05) is 12.1 Å². The second-order valence-electron chi connectivity index (χ2n) is 5.89. The fourth-order valence-electron chi connectivity index (χ4n) is 2.53. The number of nitrogens with zero attached hydrogens (tertiary/aromatic N) is 2. The van der Waals surface area contributed by atoms with Gasteiger partial charge in [-0.25, -0.2) is 0 Å². The molecule has 0 radical (unpaired) electrons. The molecule has 0 bridgehead atoms. The molecule has 6 nitrogen and oxygen atoms in total. The van der Waals surface area contributed by atoms with Crippen LogP contribution < -0.4 is 10.1 Å². The summed E-state index contributed by atoms with van der Waals surface area (Å²) in [5.74, 6) is 2.62. The quantitative estimate of drug-likeness (QED) is 0.238. The first-order valence-corrected chi connectivity index (χ1v) is 8.96. The van der Waals surface area contributed by atoms with Crippen molar-refractivity contribution in [3.05, 3.63) is 54.0 Å². The molecule has 1 N–H and O–H groups in total. The standard InChI is InChI=1S/C20H29N3O3.HI/c1-4-25-18-10-8-17(9-11-18)15-23(3)20(21-2)22-12-6-13-24-16-19-7-5-14-26-19;/h5,7-11,14H,4,6,12-13,15-16H2,1-3H3,(H,21,22);1H. The van der Waals surface area contributed by atoms with Crippen molar-refractivity contribution >= 4 is 29.9 Å². The topological polar surface area (TPSA) is 59.2 Å². The van der Waals surface area contributed by atoms with Crippen molar-refractivity contribution in [2.75, 3.05) is 33.9 Å². The number of benzene rings is 1. The first-order chi connectivity index (χ1) is 12.7. The predicted octanol–water partition coefficient (Wildman–Crippen LogP) is 3.91. The van der Waals surface area contributed by atoms with Gasteiger partial charge < -0.3 is 24.1 Å². The third-order valence-electron chi connectivity index (χ3n) is 3.80. The van der Waals surface area contributed by atoms with Gasteiger partial charge in [0.1, 0.15) is 18.1 Å². The van der Waals surface area contributed by atoms with Crippen LogP contribution in [-0.4, -0.2) is 44.7 Å². The minimum atomic E-state index is 0. The Labute approximate surface area is 179 Å². The van der Waals surface area contributed by atoms with Gasteiger partial charge in [-0.2, -0.15) is 0 Å². The molecule has 1 aromatic carbocycles. The van der Waals surface area contributed by atoms with E-state index in [0.717, 1.165) is 37.0 Å². The van der Waals surface area contributed by atoms with Gasteiger partial charge in [0.25, 0.3) is 0 Å². The smallest absolute Gasteiger partial charge is 0.193 e. The number of guanidine groups is 1. The van der Waals surface area contributed by atoms with Crippen LogP contribution in [0.1, 0.15) is 24.7 Å². The number of nitrogens with one attached hydrogen (secondary N) is 1. The Kier molecular flexibility index (Phi) is 11.6. The Bertz CT molecular complexity index is 645. The van der Waals surface area contributed by atoms with E-state index >= 15 is 0 Å². The monoisotopic (exact) mass is 487 g/mol. The molecule has 0 saturated carbocycles. The van der Waals surface area contributed by atoms with E-state index in [-0.39, 0.29) is 24.0 Å². The molecule has 27 heavy (non-hydrogen) atoms.